The molecule has 0 saturated carbocycles. The first-order valence-electron chi connectivity index (χ1n) is 4.88. The van der Waals surface area contributed by atoms with Gasteiger partial charge < -0.3 is 15.7 Å². The Kier molecular flexibility index (Phi) is 4.15. The molecular formula is C11H15ClN2O2. The lowest BCUT2D eigenvalue weighted by Gasteiger charge is -2.19. The number of anilines is 1. The lowest BCUT2D eigenvalue weighted by molar-refractivity contribution is -0.116. The van der Waals surface area contributed by atoms with E-state index in [4.69, 9.17) is 17.3 Å². The van der Waals surface area contributed by atoms with Gasteiger partial charge in [-0.25, -0.2) is 0 Å². The molecule has 0 fully saturated rings. The molecule has 4 nitrogen and oxygen atoms in total. The summed E-state index contributed by atoms with van der Waals surface area (Å²) in [4.78, 5) is 12.4. The number of nitrogens with zero attached hydrogens (tertiary/aromatic N) is 1. The molecular weight excluding hydrogens is 228 g/mol. The van der Waals surface area contributed by atoms with Gasteiger partial charge in [-0.3, -0.25) is 4.79 Å². The lowest BCUT2D eigenvalue weighted by atomic mass is 10.1. The lowest BCUT2D eigenvalue weighted by Crippen LogP contribution is -2.30. The van der Waals surface area contributed by atoms with E-state index in [1.807, 2.05) is 0 Å². The molecule has 1 unspecified atom stereocenters. The highest BCUT2D eigenvalue weighted by Crippen LogP contribution is 2.28. The average Bonchev–Trinajstić information content (AvgIpc) is 2.15. The third kappa shape index (κ3) is 3.12. The number of nitrogens with two attached hydrogens (primary N) is 1. The Bertz CT molecular complexity index is 394. The van der Waals surface area contributed by atoms with Crippen molar-refractivity contribution in [3.63, 3.8) is 0 Å². The van der Waals surface area contributed by atoms with E-state index in [1.165, 1.54) is 0 Å². The molecule has 1 rings (SSSR count). The Morgan fingerprint density at radius 3 is 2.69 bits per heavy atom. The zero-order chi connectivity index (χ0) is 12.3. The van der Waals surface area contributed by atoms with E-state index in [9.17, 15) is 9.90 Å². The molecule has 0 aliphatic heterocycles. The Hall–Kier alpha value is -1.26. The van der Waals surface area contributed by atoms with Gasteiger partial charge in [0.15, 0.2) is 0 Å². The zero-order valence-corrected chi connectivity index (χ0v) is 10.0. The Labute approximate surface area is 99.6 Å². The third-order valence-corrected chi connectivity index (χ3v) is 2.56. The largest absolute Gasteiger partial charge is 0.389 e. The predicted molar refractivity (Wildman–Crippen MR) is 64.6 cm³/mol. The minimum Gasteiger partial charge on any atom is -0.389 e. The van der Waals surface area contributed by atoms with Gasteiger partial charge in [0.25, 0.3) is 0 Å². The SMILES string of the molecule is CC(O)c1ccc(N(C)CC(N)=O)c(Cl)c1. The van der Waals surface area contributed by atoms with Crippen LogP contribution in [0, 0.1) is 0 Å². The van der Waals surface area contributed by atoms with Crippen molar-refractivity contribution in [1.82, 2.24) is 0 Å². The van der Waals surface area contributed by atoms with Crippen LogP contribution in [0.4, 0.5) is 5.69 Å². The number of hydrogen-bond donors (Lipinski definition) is 2. The molecule has 0 aromatic heterocycles. The second kappa shape index (κ2) is 5.18. The van der Waals surface area contributed by atoms with E-state index in [1.54, 1.807) is 37.1 Å². The first-order chi connectivity index (χ1) is 7.41. The summed E-state index contributed by atoms with van der Waals surface area (Å²) in [6.07, 6.45) is -0.562. The van der Waals surface area contributed by atoms with Gasteiger partial charge in [-0.1, -0.05) is 17.7 Å². The van der Waals surface area contributed by atoms with Crippen LogP contribution in [-0.2, 0) is 4.79 Å². The number of hydrogen-bond acceptors (Lipinski definition) is 3. The van der Waals surface area contributed by atoms with E-state index in [2.05, 4.69) is 0 Å². The van der Waals surface area contributed by atoms with Gasteiger partial charge in [0.2, 0.25) is 5.91 Å². The van der Waals surface area contributed by atoms with Crippen LogP contribution in [0.2, 0.25) is 5.02 Å². The van der Waals surface area contributed by atoms with Crippen molar-refractivity contribution in [3.05, 3.63) is 28.8 Å². The van der Waals surface area contributed by atoms with Gasteiger partial charge in [-0.2, -0.15) is 0 Å². The minimum absolute atomic E-state index is 0.105. The number of carbonyl (C=O) groups is 1. The number of rotatable bonds is 4. The smallest absolute Gasteiger partial charge is 0.236 e. The van der Waals surface area contributed by atoms with E-state index in [-0.39, 0.29) is 6.54 Å². The van der Waals surface area contributed by atoms with Gasteiger partial charge >= 0.3 is 0 Å². The van der Waals surface area contributed by atoms with Crippen LogP contribution in [0.25, 0.3) is 0 Å². The van der Waals surface area contributed by atoms with Crippen LogP contribution in [-0.4, -0.2) is 24.6 Å². The topological polar surface area (TPSA) is 66.6 Å². The van der Waals surface area contributed by atoms with Crippen molar-refractivity contribution >= 4 is 23.2 Å². The maximum atomic E-state index is 10.8. The minimum atomic E-state index is -0.562. The molecule has 0 radical (unpaired) electrons. The number of amides is 1. The molecule has 1 aromatic carbocycles. The molecule has 0 aliphatic carbocycles. The summed E-state index contributed by atoms with van der Waals surface area (Å²) in [5.41, 5.74) is 6.55. The summed E-state index contributed by atoms with van der Waals surface area (Å²) in [5.74, 6) is -0.418. The zero-order valence-electron chi connectivity index (χ0n) is 9.27. The fourth-order valence-electron chi connectivity index (χ4n) is 1.41. The summed E-state index contributed by atoms with van der Waals surface area (Å²) in [5, 5.41) is 9.86. The quantitative estimate of drug-likeness (QED) is 0.837. The first-order valence-corrected chi connectivity index (χ1v) is 5.26. The monoisotopic (exact) mass is 242 g/mol. The van der Waals surface area contributed by atoms with Crippen LogP contribution in [0.1, 0.15) is 18.6 Å². The van der Waals surface area contributed by atoms with Crippen molar-refractivity contribution in [1.29, 1.82) is 0 Å². The van der Waals surface area contributed by atoms with Crippen molar-refractivity contribution in [2.75, 3.05) is 18.5 Å². The summed E-state index contributed by atoms with van der Waals surface area (Å²) in [7, 11) is 1.73. The number of aliphatic hydroxyl groups excluding tert-OH is 1. The van der Waals surface area contributed by atoms with Gasteiger partial charge in [-0.15, -0.1) is 0 Å². The molecule has 3 N–H and O–H groups in total. The van der Waals surface area contributed by atoms with Crippen LogP contribution >= 0.6 is 11.6 Å². The van der Waals surface area contributed by atoms with Gasteiger partial charge in [0.1, 0.15) is 0 Å². The van der Waals surface area contributed by atoms with Crippen molar-refractivity contribution in [2.24, 2.45) is 5.73 Å². The summed E-state index contributed by atoms with van der Waals surface area (Å²) in [6, 6.07) is 5.20. The molecule has 0 aliphatic rings. The van der Waals surface area contributed by atoms with Crippen molar-refractivity contribution < 1.29 is 9.90 Å². The number of benzene rings is 1. The highest BCUT2D eigenvalue weighted by atomic mass is 35.5. The molecule has 0 spiro atoms. The van der Waals surface area contributed by atoms with Crippen LogP contribution in [0.5, 0.6) is 0 Å². The number of likely N-dealkylation sites (N-methyl/N-ethyl adjacent to an activating group) is 1. The summed E-state index contributed by atoms with van der Waals surface area (Å²) >= 11 is 6.05. The van der Waals surface area contributed by atoms with Crippen LogP contribution < -0.4 is 10.6 Å². The second-order valence-corrected chi connectivity index (χ2v) is 4.12. The number of halogens is 1. The molecule has 0 saturated heterocycles. The Balaban J connectivity index is 2.94. The molecule has 16 heavy (non-hydrogen) atoms. The summed E-state index contributed by atoms with van der Waals surface area (Å²) in [6.45, 7) is 1.77. The van der Waals surface area contributed by atoms with Gasteiger partial charge in [0, 0.05) is 7.05 Å². The third-order valence-electron chi connectivity index (χ3n) is 2.26. The highest BCUT2D eigenvalue weighted by Gasteiger charge is 2.10. The van der Waals surface area contributed by atoms with Crippen LogP contribution in [0.15, 0.2) is 18.2 Å². The molecule has 0 heterocycles. The second-order valence-electron chi connectivity index (χ2n) is 3.71. The number of carbonyl (C=O) groups excluding carboxylic acids is 1. The van der Waals surface area contributed by atoms with E-state index < -0.39 is 12.0 Å². The predicted octanol–water partition coefficient (Wildman–Crippen LogP) is 1.31. The normalized spacial score (nSPS) is 12.2. The molecule has 0 bridgehead atoms. The first kappa shape index (κ1) is 12.8. The van der Waals surface area contributed by atoms with Gasteiger partial charge in [0.05, 0.1) is 23.4 Å². The fourth-order valence-corrected chi connectivity index (χ4v) is 1.74. The van der Waals surface area contributed by atoms with E-state index >= 15 is 0 Å². The number of aliphatic hydroxyl groups is 1. The Morgan fingerprint density at radius 1 is 1.62 bits per heavy atom. The maximum absolute atomic E-state index is 10.8. The highest BCUT2D eigenvalue weighted by molar-refractivity contribution is 6.33. The maximum Gasteiger partial charge on any atom is 0.236 e. The molecule has 88 valence electrons. The number of primary amides is 1. The fraction of sp³-hybridized carbons (Fsp3) is 0.364. The van der Waals surface area contributed by atoms with Crippen molar-refractivity contribution in [3.8, 4) is 0 Å². The summed E-state index contributed by atoms with van der Waals surface area (Å²) < 4.78 is 0. The van der Waals surface area contributed by atoms with E-state index in [0.29, 0.717) is 10.7 Å². The van der Waals surface area contributed by atoms with Crippen LogP contribution in [0.3, 0.4) is 0 Å². The molecule has 1 atom stereocenters. The Morgan fingerprint density at radius 2 is 2.25 bits per heavy atom. The molecule has 1 amide bonds. The average molecular weight is 243 g/mol. The van der Waals surface area contributed by atoms with Crippen molar-refractivity contribution in [2.45, 2.75) is 13.0 Å². The standard InChI is InChI=1S/C11H15ClN2O2/c1-7(15)8-3-4-10(9(12)5-8)14(2)6-11(13)16/h3-5,7,15H,6H2,1-2H3,(H2,13,16). The molecule has 1 aromatic rings. The molecule has 5 heteroatoms. The van der Waals surface area contributed by atoms with Gasteiger partial charge in [-0.05, 0) is 24.6 Å². The van der Waals surface area contributed by atoms with E-state index in [0.717, 1.165) is 5.56 Å².